The van der Waals surface area contributed by atoms with E-state index in [4.69, 9.17) is 21.4 Å². The van der Waals surface area contributed by atoms with Crippen molar-refractivity contribution in [1.82, 2.24) is 0 Å². The van der Waals surface area contributed by atoms with Gasteiger partial charge in [-0.2, -0.15) is 0 Å². The molecule has 3 nitrogen and oxygen atoms in total. The van der Waals surface area contributed by atoms with Crippen LogP contribution in [0.4, 0.5) is 0 Å². The van der Waals surface area contributed by atoms with E-state index in [-0.39, 0.29) is 6.42 Å². The lowest BCUT2D eigenvalue weighted by atomic mass is 10.1. The minimum Gasteiger partial charge on any atom is -0.481 e. The maximum absolute atomic E-state index is 10.9. The number of carboxylic acids is 1. The highest BCUT2D eigenvalue weighted by Gasteiger charge is 2.10. The van der Waals surface area contributed by atoms with E-state index in [0.29, 0.717) is 22.1 Å². The molecule has 20 heavy (non-hydrogen) atoms. The fraction of sp³-hybridized carbons (Fsp3) is 0.188. The predicted molar refractivity (Wildman–Crippen MR) is 78.8 cm³/mol. The average Bonchev–Trinajstić information content (AvgIpc) is 2.30. The molecule has 0 aliphatic heterocycles. The van der Waals surface area contributed by atoms with Gasteiger partial charge in [0.05, 0.1) is 6.42 Å². The monoisotopic (exact) mass is 290 g/mol. The molecular weight excluding hydrogens is 276 g/mol. The Morgan fingerprint density at radius 2 is 1.80 bits per heavy atom. The summed E-state index contributed by atoms with van der Waals surface area (Å²) in [5, 5.41) is 9.43. The summed E-state index contributed by atoms with van der Waals surface area (Å²) < 4.78 is 5.81. The Morgan fingerprint density at radius 1 is 1.15 bits per heavy atom. The maximum Gasteiger partial charge on any atom is 0.307 e. The SMILES string of the molecule is Cc1cc(C)cc(Oc2ccc(Cl)cc2CC(=O)O)c1. The number of hydrogen-bond acceptors (Lipinski definition) is 2. The number of benzene rings is 2. The zero-order valence-corrected chi connectivity index (χ0v) is 12.1. The van der Waals surface area contributed by atoms with E-state index < -0.39 is 5.97 Å². The Kier molecular flexibility index (Phi) is 4.30. The van der Waals surface area contributed by atoms with E-state index in [2.05, 4.69) is 0 Å². The lowest BCUT2D eigenvalue weighted by Gasteiger charge is -2.11. The van der Waals surface area contributed by atoms with Gasteiger partial charge in [-0.1, -0.05) is 17.7 Å². The summed E-state index contributed by atoms with van der Waals surface area (Å²) in [7, 11) is 0. The first kappa shape index (κ1) is 14.4. The number of aliphatic carboxylic acids is 1. The number of ether oxygens (including phenoxy) is 1. The van der Waals surface area contributed by atoms with Crippen LogP contribution in [0.5, 0.6) is 11.5 Å². The molecule has 0 saturated carbocycles. The number of rotatable bonds is 4. The van der Waals surface area contributed by atoms with E-state index in [1.54, 1.807) is 18.2 Å². The third kappa shape index (κ3) is 3.75. The molecule has 0 amide bonds. The number of carboxylic acid groups (broad SMARTS) is 1. The minimum atomic E-state index is -0.919. The molecule has 0 aromatic heterocycles. The fourth-order valence-electron chi connectivity index (χ4n) is 2.07. The lowest BCUT2D eigenvalue weighted by Crippen LogP contribution is -2.02. The first-order valence-electron chi connectivity index (χ1n) is 6.20. The van der Waals surface area contributed by atoms with Crippen LogP contribution in [0.15, 0.2) is 36.4 Å². The number of hydrogen-bond donors (Lipinski definition) is 1. The molecular formula is C16H15ClO3. The van der Waals surface area contributed by atoms with Gasteiger partial charge in [0.15, 0.2) is 0 Å². The minimum absolute atomic E-state index is 0.124. The molecule has 0 bridgehead atoms. The first-order chi connectivity index (χ1) is 9.44. The highest BCUT2D eigenvalue weighted by Crippen LogP contribution is 2.29. The molecule has 0 unspecified atom stereocenters. The number of aryl methyl sites for hydroxylation is 2. The van der Waals surface area contributed by atoms with E-state index in [9.17, 15) is 4.79 Å². The lowest BCUT2D eigenvalue weighted by molar-refractivity contribution is -0.136. The van der Waals surface area contributed by atoms with Gasteiger partial charge in [-0.3, -0.25) is 4.79 Å². The first-order valence-corrected chi connectivity index (χ1v) is 6.58. The van der Waals surface area contributed by atoms with E-state index in [1.807, 2.05) is 32.0 Å². The molecule has 2 aromatic rings. The van der Waals surface area contributed by atoms with Gasteiger partial charge < -0.3 is 9.84 Å². The van der Waals surface area contributed by atoms with Crippen LogP contribution in [0.25, 0.3) is 0 Å². The highest BCUT2D eigenvalue weighted by molar-refractivity contribution is 6.30. The molecule has 0 fully saturated rings. The maximum atomic E-state index is 10.9. The van der Waals surface area contributed by atoms with Crippen molar-refractivity contribution in [3.8, 4) is 11.5 Å². The van der Waals surface area contributed by atoms with Crippen LogP contribution in [0, 0.1) is 13.8 Å². The summed E-state index contributed by atoms with van der Waals surface area (Å²) >= 11 is 5.91. The van der Waals surface area contributed by atoms with E-state index in [0.717, 1.165) is 11.1 Å². The van der Waals surface area contributed by atoms with Gasteiger partial charge in [-0.25, -0.2) is 0 Å². The van der Waals surface area contributed by atoms with E-state index in [1.165, 1.54) is 0 Å². The van der Waals surface area contributed by atoms with Crippen molar-refractivity contribution < 1.29 is 14.6 Å². The molecule has 0 spiro atoms. The standard InChI is InChI=1S/C16H15ClO3/c1-10-5-11(2)7-14(6-10)20-15-4-3-13(17)8-12(15)9-16(18)19/h3-8H,9H2,1-2H3,(H,18,19). The molecule has 0 aliphatic rings. The molecule has 0 aliphatic carbocycles. The summed E-state index contributed by atoms with van der Waals surface area (Å²) in [4.78, 5) is 10.9. The second-order valence-electron chi connectivity index (χ2n) is 4.75. The zero-order chi connectivity index (χ0) is 14.7. The Bertz CT molecular complexity index is 630. The van der Waals surface area contributed by atoms with Crippen LogP contribution in [-0.4, -0.2) is 11.1 Å². The third-order valence-electron chi connectivity index (χ3n) is 2.79. The largest absolute Gasteiger partial charge is 0.481 e. The van der Waals surface area contributed by atoms with Gasteiger partial charge in [0.1, 0.15) is 11.5 Å². The summed E-state index contributed by atoms with van der Waals surface area (Å²) in [6, 6.07) is 10.9. The fourth-order valence-corrected chi connectivity index (χ4v) is 2.26. The van der Waals surface area contributed by atoms with Crippen LogP contribution >= 0.6 is 11.6 Å². The second kappa shape index (κ2) is 5.97. The third-order valence-corrected chi connectivity index (χ3v) is 3.02. The van der Waals surface area contributed by atoms with Crippen LogP contribution in [0.3, 0.4) is 0 Å². The Hall–Kier alpha value is -2.00. The summed E-state index contributed by atoms with van der Waals surface area (Å²) in [5.41, 5.74) is 2.74. The van der Waals surface area contributed by atoms with Gasteiger partial charge >= 0.3 is 5.97 Å². The smallest absolute Gasteiger partial charge is 0.307 e. The van der Waals surface area contributed by atoms with Crippen molar-refractivity contribution in [1.29, 1.82) is 0 Å². The molecule has 0 saturated heterocycles. The van der Waals surface area contributed by atoms with Crippen molar-refractivity contribution >= 4 is 17.6 Å². The van der Waals surface area contributed by atoms with Crippen LogP contribution < -0.4 is 4.74 Å². The van der Waals surface area contributed by atoms with Crippen molar-refractivity contribution in [3.63, 3.8) is 0 Å². The van der Waals surface area contributed by atoms with Crippen molar-refractivity contribution in [2.24, 2.45) is 0 Å². The molecule has 0 heterocycles. The van der Waals surface area contributed by atoms with Crippen LogP contribution in [-0.2, 0) is 11.2 Å². The second-order valence-corrected chi connectivity index (χ2v) is 5.18. The van der Waals surface area contributed by atoms with Gasteiger partial charge in [0.25, 0.3) is 0 Å². The average molecular weight is 291 g/mol. The Morgan fingerprint density at radius 3 is 2.40 bits per heavy atom. The summed E-state index contributed by atoms with van der Waals surface area (Å²) in [5.74, 6) is 0.288. The zero-order valence-electron chi connectivity index (χ0n) is 11.3. The summed E-state index contributed by atoms with van der Waals surface area (Å²) in [6.45, 7) is 3.97. The van der Waals surface area contributed by atoms with Gasteiger partial charge in [-0.05, 0) is 55.3 Å². The highest BCUT2D eigenvalue weighted by atomic mass is 35.5. The van der Waals surface area contributed by atoms with Crippen molar-refractivity contribution in [2.75, 3.05) is 0 Å². The van der Waals surface area contributed by atoms with Gasteiger partial charge in [0, 0.05) is 10.6 Å². The van der Waals surface area contributed by atoms with Crippen molar-refractivity contribution in [2.45, 2.75) is 20.3 Å². The normalized spacial score (nSPS) is 10.3. The Labute approximate surface area is 122 Å². The Balaban J connectivity index is 2.34. The topological polar surface area (TPSA) is 46.5 Å². The molecule has 104 valence electrons. The van der Waals surface area contributed by atoms with Crippen LogP contribution in [0.2, 0.25) is 5.02 Å². The predicted octanol–water partition coefficient (Wildman–Crippen LogP) is 4.38. The molecule has 4 heteroatoms. The molecule has 2 aromatic carbocycles. The quantitative estimate of drug-likeness (QED) is 0.909. The molecule has 0 radical (unpaired) electrons. The van der Waals surface area contributed by atoms with Crippen molar-refractivity contribution in [3.05, 3.63) is 58.1 Å². The summed E-state index contributed by atoms with van der Waals surface area (Å²) in [6.07, 6.45) is -0.124. The van der Waals surface area contributed by atoms with Gasteiger partial charge in [-0.15, -0.1) is 0 Å². The van der Waals surface area contributed by atoms with Gasteiger partial charge in [0.2, 0.25) is 0 Å². The molecule has 2 rings (SSSR count). The number of carbonyl (C=O) groups is 1. The molecule has 1 N–H and O–H groups in total. The van der Waals surface area contributed by atoms with E-state index >= 15 is 0 Å². The van der Waals surface area contributed by atoms with Crippen LogP contribution in [0.1, 0.15) is 16.7 Å². The number of halogens is 1. The molecule has 0 atom stereocenters.